The number of hydrogen-bond donors (Lipinski definition) is 0. The average molecular weight is 535 g/mol. The van der Waals surface area contributed by atoms with E-state index in [-0.39, 0.29) is 11.8 Å². The number of aryl methyl sites for hydroxylation is 2. The SMILES string of the molecule is Cc1sc(C)c2c1CCC1=C(CC2)[C@]2(C)[C@@H]3C(=O)N(c4cc(Cl)cc(Cl)c4)C(=O)[C@@H]3[C@@]1(C)S2=O. The first-order valence-corrected chi connectivity index (χ1v) is 14.3. The molecular formula is C26H25Cl2NO3S2. The van der Waals surface area contributed by atoms with Crippen molar-refractivity contribution in [1.82, 2.24) is 0 Å². The fourth-order valence-electron chi connectivity index (χ4n) is 7.30. The molecule has 4 heterocycles. The Balaban J connectivity index is 1.47. The zero-order chi connectivity index (χ0) is 24.3. The summed E-state index contributed by atoms with van der Waals surface area (Å²) in [6.45, 7) is 8.28. The Bertz CT molecular complexity index is 1290. The van der Waals surface area contributed by atoms with Gasteiger partial charge in [0.1, 0.15) is 0 Å². The summed E-state index contributed by atoms with van der Waals surface area (Å²) in [4.78, 5) is 31.6. The predicted molar refractivity (Wildman–Crippen MR) is 138 cm³/mol. The summed E-state index contributed by atoms with van der Waals surface area (Å²) >= 11 is 14.2. The molecule has 5 atom stereocenters. The standard InChI is InChI=1S/C26H25Cl2NO3S2/c1-12-17-5-7-19-20(8-6-18(17)13(2)33-12)26(4)22-21(25(19,3)34(26)32)23(30)29(24(22)31)16-10-14(27)9-15(28)11-16/h9-11,21-22H,5-8H2,1-4H3/t21-,22+,25+,26-,34?. The van der Waals surface area contributed by atoms with Gasteiger partial charge in [0, 0.05) is 30.6 Å². The highest BCUT2D eigenvalue weighted by Crippen LogP contribution is 2.67. The van der Waals surface area contributed by atoms with Gasteiger partial charge in [-0.05, 0) is 82.7 Å². The second-order valence-corrected chi connectivity index (χ2v) is 14.7. The molecule has 2 bridgehead atoms. The number of halogens is 2. The Labute approximate surface area is 215 Å². The summed E-state index contributed by atoms with van der Waals surface area (Å²) in [5.41, 5.74) is 5.51. The molecule has 2 amide bonds. The van der Waals surface area contributed by atoms with E-state index in [1.165, 1.54) is 25.8 Å². The van der Waals surface area contributed by atoms with Crippen molar-refractivity contribution in [1.29, 1.82) is 0 Å². The van der Waals surface area contributed by atoms with E-state index >= 15 is 0 Å². The molecule has 0 saturated carbocycles. The first-order valence-electron chi connectivity index (χ1n) is 11.6. The second-order valence-electron chi connectivity index (χ2n) is 10.2. The summed E-state index contributed by atoms with van der Waals surface area (Å²) in [5, 5.41) is 0.734. The maximum absolute atomic E-state index is 14.1. The minimum absolute atomic E-state index is 0.287. The maximum Gasteiger partial charge on any atom is 0.239 e. The monoisotopic (exact) mass is 533 g/mol. The summed E-state index contributed by atoms with van der Waals surface area (Å²) in [6, 6.07) is 4.77. The Morgan fingerprint density at radius 3 is 1.74 bits per heavy atom. The van der Waals surface area contributed by atoms with Gasteiger partial charge in [-0.1, -0.05) is 34.3 Å². The smallest absolute Gasteiger partial charge is 0.239 e. The van der Waals surface area contributed by atoms with E-state index in [1.807, 2.05) is 25.2 Å². The Hall–Kier alpha value is -1.47. The molecule has 1 unspecified atom stereocenters. The van der Waals surface area contributed by atoms with Gasteiger partial charge in [-0.3, -0.25) is 13.8 Å². The van der Waals surface area contributed by atoms with Crippen LogP contribution in [-0.2, 0) is 33.2 Å². The van der Waals surface area contributed by atoms with Crippen molar-refractivity contribution < 1.29 is 13.8 Å². The van der Waals surface area contributed by atoms with Gasteiger partial charge in [0.2, 0.25) is 11.8 Å². The quantitative estimate of drug-likeness (QED) is 0.336. The van der Waals surface area contributed by atoms with Crippen molar-refractivity contribution in [3.63, 3.8) is 0 Å². The number of anilines is 1. The van der Waals surface area contributed by atoms with Gasteiger partial charge in [0.25, 0.3) is 0 Å². The normalized spacial score (nSPS) is 34.3. The van der Waals surface area contributed by atoms with Crippen LogP contribution >= 0.6 is 34.5 Å². The number of thiophene rings is 1. The van der Waals surface area contributed by atoms with Crippen LogP contribution in [0.5, 0.6) is 0 Å². The maximum atomic E-state index is 14.1. The number of amides is 2. The Kier molecular flexibility index (Phi) is 4.92. The highest BCUT2D eigenvalue weighted by atomic mass is 35.5. The van der Waals surface area contributed by atoms with Crippen molar-refractivity contribution in [2.75, 3.05) is 4.90 Å². The molecule has 2 saturated heterocycles. The average Bonchev–Trinajstić information content (AvgIpc) is 3.27. The first-order chi connectivity index (χ1) is 16.0. The highest BCUT2D eigenvalue weighted by molar-refractivity contribution is 7.89. The molecule has 178 valence electrons. The summed E-state index contributed by atoms with van der Waals surface area (Å²) in [5.74, 6) is -1.84. The number of fused-ring (bicyclic) bond motifs is 8. The Morgan fingerprint density at radius 1 is 0.853 bits per heavy atom. The van der Waals surface area contributed by atoms with E-state index in [0.29, 0.717) is 15.7 Å². The van der Waals surface area contributed by atoms with Gasteiger partial charge in [-0.25, -0.2) is 4.90 Å². The van der Waals surface area contributed by atoms with Crippen LogP contribution in [0.4, 0.5) is 5.69 Å². The third-order valence-electron chi connectivity index (χ3n) is 8.70. The zero-order valence-corrected chi connectivity index (χ0v) is 22.6. The van der Waals surface area contributed by atoms with Crippen molar-refractivity contribution in [3.8, 4) is 0 Å². The van der Waals surface area contributed by atoms with Gasteiger partial charge in [0.15, 0.2) is 0 Å². The lowest BCUT2D eigenvalue weighted by atomic mass is 9.63. The number of rotatable bonds is 1. The molecule has 0 spiro atoms. The van der Waals surface area contributed by atoms with Crippen LogP contribution in [0.3, 0.4) is 0 Å². The zero-order valence-electron chi connectivity index (χ0n) is 19.5. The summed E-state index contributed by atoms with van der Waals surface area (Å²) in [6.07, 6.45) is 3.34. The third-order valence-corrected chi connectivity index (χ3v) is 12.8. The molecule has 1 aromatic carbocycles. The Morgan fingerprint density at radius 2 is 1.29 bits per heavy atom. The van der Waals surface area contributed by atoms with Crippen molar-refractivity contribution in [2.45, 2.75) is 62.9 Å². The van der Waals surface area contributed by atoms with Crippen LogP contribution in [0.2, 0.25) is 10.0 Å². The van der Waals surface area contributed by atoms with Gasteiger partial charge in [-0.15, -0.1) is 11.3 Å². The molecule has 2 aromatic rings. The van der Waals surface area contributed by atoms with E-state index < -0.39 is 32.1 Å². The number of imide groups is 1. The molecule has 4 nitrogen and oxygen atoms in total. The van der Waals surface area contributed by atoms with E-state index in [1.54, 1.807) is 18.2 Å². The minimum atomic E-state index is -1.35. The van der Waals surface area contributed by atoms with Crippen molar-refractivity contribution >= 4 is 62.8 Å². The van der Waals surface area contributed by atoms with Crippen LogP contribution in [0.1, 0.15) is 47.6 Å². The third kappa shape index (κ3) is 2.63. The van der Waals surface area contributed by atoms with Crippen LogP contribution < -0.4 is 4.90 Å². The predicted octanol–water partition coefficient (Wildman–Crippen LogP) is 5.95. The van der Waals surface area contributed by atoms with Gasteiger partial charge >= 0.3 is 0 Å². The molecular weight excluding hydrogens is 509 g/mol. The van der Waals surface area contributed by atoms with E-state index in [0.717, 1.165) is 36.8 Å². The lowest BCUT2D eigenvalue weighted by Crippen LogP contribution is -2.43. The molecule has 4 aliphatic rings. The highest BCUT2D eigenvalue weighted by Gasteiger charge is 2.77. The number of carbonyl (C=O) groups is 2. The number of hydrogen-bond acceptors (Lipinski definition) is 4. The van der Waals surface area contributed by atoms with E-state index in [9.17, 15) is 13.8 Å². The topological polar surface area (TPSA) is 54.5 Å². The molecule has 0 radical (unpaired) electrons. The fourth-order valence-corrected chi connectivity index (χ4v) is 11.7. The van der Waals surface area contributed by atoms with Crippen LogP contribution in [0.25, 0.3) is 0 Å². The minimum Gasteiger partial charge on any atom is -0.274 e. The molecule has 1 aliphatic carbocycles. The lowest BCUT2D eigenvalue weighted by Gasteiger charge is -2.35. The van der Waals surface area contributed by atoms with Crippen molar-refractivity contribution in [2.24, 2.45) is 11.8 Å². The first kappa shape index (κ1) is 23.0. The number of nitrogens with zero attached hydrogens (tertiary/aromatic N) is 1. The fraction of sp³-hybridized carbons (Fsp3) is 0.462. The van der Waals surface area contributed by atoms with Crippen LogP contribution in [-0.4, -0.2) is 25.5 Å². The molecule has 8 heteroatoms. The van der Waals surface area contributed by atoms with Crippen molar-refractivity contribution in [3.05, 3.63) is 60.3 Å². The van der Waals surface area contributed by atoms with Gasteiger partial charge < -0.3 is 0 Å². The summed E-state index contributed by atoms with van der Waals surface area (Å²) in [7, 11) is -1.35. The largest absolute Gasteiger partial charge is 0.274 e. The summed E-state index contributed by atoms with van der Waals surface area (Å²) < 4.78 is 12.4. The molecule has 0 N–H and O–H groups in total. The molecule has 1 aromatic heterocycles. The van der Waals surface area contributed by atoms with E-state index in [4.69, 9.17) is 23.2 Å². The van der Waals surface area contributed by atoms with E-state index in [2.05, 4.69) is 13.8 Å². The molecule has 2 fully saturated rings. The lowest BCUT2D eigenvalue weighted by molar-refractivity contribution is -0.122. The van der Waals surface area contributed by atoms with Crippen LogP contribution in [0, 0.1) is 25.7 Å². The number of carbonyl (C=O) groups excluding carboxylic acids is 2. The number of benzene rings is 1. The second kappa shape index (κ2) is 7.28. The van der Waals surface area contributed by atoms with Crippen LogP contribution in [0.15, 0.2) is 29.3 Å². The molecule has 3 aliphatic heterocycles. The van der Waals surface area contributed by atoms with Gasteiger partial charge in [0.05, 0.1) is 27.0 Å². The molecule has 34 heavy (non-hydrogen) atoms. The van der Waals surface area contributed by atoms with Gasteiger partial charge in [-0.2, -0.15) is 0 Å². The molecule has 6 rings (SSSR count).